The van der Waals surface area contributed by atoms with Crippen LogP contribution in [0.2, 0.25) is 0 Å². The van der Waals surface area contributed by atoms with E-state index >= 15 is 0 Å². The summed E-state index contributed by atoms with van der Waals surface area (Å²) in [6.07, 6.45) is 2.43. The molecule has 8 heteroatoms. The van der Waals surface area contributed by atoms with E-state index in [4.69, 9.17) is 13.7 Å². The Hall–Kier alpha value is -2.58. The van der Waals surface area contributed by atoms with Gasteiger partial charge >= 0.3 is 10.1 Å². The van der Waals surface area contributed by atoms with E-state index in [-0.39, 0.29) is 5.75 Å². The van der Waals surface area contributed by atoms with E-state index in [0.29, 0.717) is 36.5 Å². The molecule has 0 saturated heterocycles. The minimum absolute atomic E-state index is 0.197. The Labute approximate surface area is 171 Å². The van der Waals surface area contributed by atoms with Crippen LogP contribution in [0.3, 0.4) is 0 Å². The minimum Gasteiger partial charge on any atom is -0.471 e. The summed E-state index contributed by atoms with van der Waals surface area (Å²) in [5, 5.41) is 0.679. The van der Waals surface area contributed by atoms with Crippen molar-refractivity contribution in [3.05, 3.63) is 52.8 Å². The molecule has 0 atom stereocenters. The highest BCUT2D eigenvalue weighted by Crippen LogP contribution is 2.38. The van der Waals surface area contributed by atoms with Gasteiger partial charge in [-0.1, -0.05) is 24.3 Å². The Morgan fingerprint density at radius 3 is 2.52 bits per heavy atom. The Kier molecular flexibility index (Phi) is 6.14. The number of methoxy groups -OCH3 is 1. The van der Waals surface area contributed by atoms with Crippen molar-refractivity contribution in [1.29, 1.82) is 0 Å². The first-order valence-corrected chi connectivity index (χ1v) is 11.1. The summed E-state index contributed by atoms with van der Waals surface area (Å²) in [5.41, 5.74) is 4.78. The Balaban J connectivity index is 2.13. The molecule has 0 amide bonds. The molecule has 0 spiro atoms. The van der Waals surface area contributed by atoms with Gasteiger partial charge in [0.1, 0.15) is 12.1 Å². The van der Waals surface area contributed by atoms with Gasteiger partial charge in [0.25, 0.3) is 0 Å². The zero-order valence-electron chi connectivity index (χ0n) is 17.4. The highest BCUT2D eigenvalue weighted by atomic mass is 32.2. The maximum absolute atomic E-state index is 11.7. The van der Waals surface area contributed by atoms with Gasteiger partial charge in [0, 0.05) is 19.3 Å². The van der Waals surface area contributed by atoms with E-state index in [0.717, 1.165) is 28.6 Å². The zero-order valence-corrected chi connectivity index (χ0v) is 18.2. The van der Waals surface area contributed by atoms with Crippen LogP contribution < -0.4 is 8.92 Å². The fourth-order valence-electron chi connectivity index (χ4n) is 3.34. The number of rotatable bonds is 8. The van der Waals surface area contributed by atoms with E-state index in [1.54, 1.807) is 7.11 Å². The van der Waals surface area contributed by atoms with Crippen molar-refractivity contribution in [3.8, 4) is 11.6 Å². The molecule has 0 radical (unpaired) electrons. The monoisotopic (exact) mass is 418 g/mol. The Morgan fingerprint density at radius 1 is 1.14 bits per heavy atom. The van der Waals surface area contributed by atoms with Gasteiger partial charge in [-0.2, -0.15) is 8.42 Å². The van der Waals surface area contributed by atoms with E-state index < -0.39 is 10.1 Å². The topological polar surface area (TPSA) is 79.7 Å². The van der Waals surface area contributed by atoms with Gasteiger partial charge in [0.15, 0.2) is 5.75 Å². The fourth-order valence-corrected chi connectivity index (χ4v) is 3.80. The molecule has 0 N–H and O–H groups in total. The van der Waals surface area contributed by atoms with Gasteiger partial charge in [-0.3, -0.25) is 0 Å². The number of aromatic nitrogens is 2. The molecule has 1 aromatic carbocycles. The highest BCUT2D eigenvalue weighted by molar-refractivity contribution is 7.86. The lowest BCUT2D eigenvalue weighted by molar-refractivity contribution is 0.187. The number of ether oxygens (including phenoxy) is 2. The molecule has 2 heterocycles. The molecule has 29 heavy (non-hydrogen) atoms. The quantitative estimate of drug-likeness (QED) is 0.521. The molecule has 0 bridgehead atoms. The van der Waals surface area contributed by atoms with Crippen LogP contribution in [0, 0.1) is 20.8 Å². The minimum atomic E-state index is -3.69. The summed E-state index contributed by atoms with van der Waals surface area (Å²) >= 11 is 0. The van der Waals surface area contributed by atoms with Crippen LogP contribution in [0.25, 0.3) is 10.9 Å². The van der Waals surface area contributed by atoms with E-state index in [2.05, 4.69) is 4.98 Å². The maximum Gasteiger partial charge on any atom is 0.306 e. The van der Waals surface area contributed by atoms with Crippen molar-refractivity contribution in [2.45, 2.75) is 33.9 Å². The van der Waals surface area contributed by atoms with Crippen molar-refractivity contribution in [2.75, 3.05) is 20.0 Å². The van der Waals surface area contributed by atoms with E-state index in [1.165, 1.54) is 6.20 Å². The summed E-state index contributed by atoms with van der Waals surface area (Å²) in [4.78, 5) is 4.39. The summed E-state index contributed by atoms with van der Waals surface area (Å²) in [6, 6.07) is 7.98. The molecule has 0 fully saturated rings. The largest absolute Gasteiger partial charge is 0.471 e. The van der Waals surface area contributed by atoms with Crippen LogP contribution >= 0.6 is 0 Å². The highest BCUT2D eigenvalue weighted by Gasteiger charge is 2.22. The van der Waals surface area contributed by atoms with Crippen LogP contribution in [-0.4, -0.2) is 37.9 Å². The molecular weight excluding hydrogens is 392 g/mol. The van der Waals surface area contributed by atoms with Gasteiger partial charge in [-0.05, 0) is 37.5 Å². The van der Waals surface area contributed by atoms with E-state index in [9.17, 15) is 8.42 Å². The molecule has 3 aromatic rings. The Bertz CT molecular complexity index is 1140. The van der Waals surface area contributed by atoms with Gasteiger partial charge in [-0.25, -0.2) is 4.98 Å². The SMILES string of the molecule is COCCn1c(C)c(C)c2c(OS(C)(=O)=O)cnc(OCc3ccccc3C)c21. The average molecular weight is 419 g/mol. The first-order chi connectivity index (χ1) is 13.7. The molecule has 3 rings (SSSR count). The number of nitrogens with zero attached hydrogens (tertiary/aromatic N) is 2. The van der Waals surface area contributed by atoms with Crippen LogP contribution in [-0.2, 0) is 28.0 Å². The van der Waals surface area contributed by atoms with Crippen molar-refractivity contribution >= 4 is 21.0 Å². The predicted molar refractivity (Wildman–Crippen MR) is 112 cm³/mol. The maximum atomic E-state index is 11.7. The molecule has 0 unspecified atom stereocenters. The predicted octanol–water partition coefficient (Wildman–Crippen LogP) is 3.53. The first kappa shape index (κ1) is 21.1. The first-order valence-electron chi connectivity index (χ1n) is 9.27. The smallest absolute Gasteiger partial charge is 0.306 e. The van der Waals surface area contributed by atoms with Crippen molar-refractivity contribution in [2.24, 2.45) is 0 Å². The van der Waals surface area contributed by atoms with Crippen molar-refractivity contribution in [1.82, 2.24) is 9.55 Å². The molecule has 0 aliphatic carbocycles. The standard InChI is InChI=1S/C21H26N2O5S/c1-14-8-6-7-9-17(14)13-27-21-20-19(18(12-22-21)28-29(5,24)25)15(2)16(3)23(20)10-11-26-4/h6-9,12H,10-11,13H2,1-5H3. The average Bonchev–Trinajstić information content (AvgIpc) is 2.91. The second-order valence-electron chi connectivity index (χ2n) is 7.01. The van der Waals surface area contributed by atoms with Gasteiger partial charge in [-0.15, -0.1) is 0 Å². The van der Waals surface area contributed by atoms with Crippen molar-refractivity contribution in [3.63, 3.8) is 0 Å². The molecule has 156 valence electrons. The molecule has 2 aromatic heterocycles. The second kappa shape index (κ2) is 8.42. The number of benzene rings is 1. The second-order valence-corrected chi connectivity index (χ2v) is 8.58. The number of aryl methyl sites for hydroxylation is 2. The normalized spacial score (nSPS) is 11.8. The number of hydrogen-bond donors (Lipinski definition) is 0. The molecule has 0 aliphatic rings. The zero-order chi connectivity index (χ0) is 21.2. The molecule has 0 aliphatic heterocycles. The molecule has 0 saturated carbocycles. The summed E-state index contributed by atoms with van der Waals surface area (Å²) < 4.78 is 42.1. The lowest BCUT2D eigenvalue weighted by atomic mass is 10.1. The van der Waals surface area contributed by atoms with Crippen LogP contribution in [0.15, 0.2) is 30.5 Å². The van der Waals surface area contributed by atoms with Gasteiger partial charge < -0.3 is 18.2 Å². The lowest BCUT2D eigenvalue weighted by Crippen LogP contribution is -2.09. The third kappa shape index (κ3) is 4.54. The third-order valence-corrected chi connectivity index (χ3v) is 5.45. The molecule has 7 nitrogen and oxygen atoms in total. The fraction of sp³-hybridized carbons (Fsp3) is 0.381. The third-order valence-electron chi connectivity index (χ3n) is 4.96. The number of fused-ring (bicyclic) bond motifs is 1. The van der Waals surface area contributed by atoms with Crippen LogP contribution in [0.4, 0.5) is 0 Å². The molecular formula is C21H26N2O5S. The van der Waals surface area contributed by atoms with E-state index in [1.807, 2.05) is 49.6 Å². The Morgan fingerprint density at radius 2 is 1.86 bits per heavy atom. The summed E-state index contributed by atoms with van der Waals surface area (Å²) in [7, 11) is -2.06. The van der Waals surface area contributed by atoms with Crippen molar-refractivity contribution < 1.29 is 22.1 Å². The number of pyridine rings is 1. The lowest BCUT2D eigenvalue weighted by Gasteiger charge is -2.14. The van der Waals surface area contributed by atoms with Gasteiger partial charge in [0.2, 0.25) is 5.88 Å². The summed E-state index contributed by atoms with van der Waals surface area (Å²) in [6.45, 7) is 7.37. The van der Waals surface area contributed by atoms with Crippen LogP contribution in [0.1, 0.15) is 22.4 Å². The van der Waals surface area contributed by atoms with Gasteiger partial charge in [0.05, 0.1) is 24.4 Å². The van der Waals surface area contributed by atoms with Crippen LogP contribution in [0.5, 0.6) is 11.6 Å². The number of hydrogen-bond acceptors (Lipinski definition) is 6. The summed E-state index contributed by atoms with van der Waals surface area (Å²) in [5.74, 6) is 0.624.